The van der Waals surface area contributed by atoms with E-state index in [-0.39, 0.29) is 24.4 Å². The third kappa shape index (κ3) is 4.29. The average molecular weight is 450 g/mol. The number of hydrogen-bond acceptors (Lipinski definition) is 4. The van der Waals surface area contributed by atoms with Crippen LogP contribution in [0.1, 0.15) is 55.2 Å². The first-order valence-electron chi connectivity index (χ1n) is 12.1. The lowest BCUT2D eigenvalue weighted by molar-refractivity contribution is -0.0868. The predicted molar refractivity (Wildman–Crippen MR) is 120 cm³/mol. The molecule has 0 saturated carbocycles. The van der Waals surface area contributed by atoms with Crippen molar-refractivity contribution in [1.29, 1.82) is 0 Å². The second kappa shape index (κ2) is 8.95. The molecular weight excluding hydrogens is 415 g/mol. The highest BCUT2D eigenvalue weighted by Gasteiger charge is 2.46. The van der Waals surface area contributed by atoms with Crippen LogP contribution in [-0.2, 0) is 7.05 Å². The van der Waals surface area contributed by atoms with E-state index in [0.717, 1.165) is 68.5 Å². The first kappa shape index (κ1) is 22.2. The number of likely N-dealkylation sites (tertiary alicyclic amines) is 1. The Morgan fingerprint density at radius 2 is 1.91 bits per heavy atom. The lowest BCUT2D eigenvalue weighted by atomic mass is 9.84. The maximum atomic E-state index is 15.3. The zero-order valence-corrected chi connectivity index (χ0v) is 18.8. The molecule has 4 heterocycles. The molecule has 2 aromatic rings. The molecule has 1 aromatic heterocycles. The summed E-state index contributed by atoms with van der Waals surface area (Å²) < 4.78 is 47.6. The lowest BCUT2D eigenvalue weighted by Crippen LogP contribution is -2.49. The number of nitrogens with one attached hydrogen (secondary N) is 2. The Morgan fingerprint density at radius 3 is 2.62 bits per heavy atom. The molecule has 32 heavy (non-hydrogen) atoms. The molecule has 2 atom stereocenters. The van der Waals surface area contributed by atoms with Crippen LogP contribution in [0, 0.1) is 11.7 Å². The van der Waals surface area contributed by atoms with Gasteiger partial charge in [-0.2, -0.15) is 5.10 Å². The first-order valence-corrected chi connectivity index (χ1v) is 12.1. The molecule has 176 valence electrons. The molecule has 2 unspecified atom stereocenters. The second-order valence-electron chi connectivity index (χ2n) is 9.97. The van der Waals surface area contributed by atoms with Gasteiger partial charge in [-0.25, -0.2) is 13.2 Å². The molecule has 3 fully saturated rings. The third-order valence-corrected chi connectivity index (χ3v) is 7.71. The summed E-state index contributed by atoms with van der Waals surface area (Å²) in [4.78, 5) is 1.89. The molecule has 0 radical (unpaired) electrons. The molecule has 1 aromatic carbocycles. The molecule has 2 N–H and O–H groups in total. The van der Waals surface area contributed by atoms with Gasteiger partial charge < -0.3 is 10.6 Å². The fraction of sp³-hybridized carbons (Fsp3) is 0.708. The molecule has 0 amide bonds. The number of piperidine rings is 3. The van der Waals surface area contributed by atoms with Crippen LogP contribution in [-0.4, -0.2) is 66.4 Å². The van der Waals surface area contributed by atoms with E-state index >= 15 is 13.2 Å². The standard InChI is InChI=1S/C24H34F3N5/c1-31-22-12-18(21(25)11-19(22)23(30-31)17-3-2-7-29-13-17)20-6-10-32(15-24(20,26)27)14-16-4-8-28-9-5-16/h11-12,16-17,20,28-29H,2-10,13-15H2,1H3. The first-order chi connectivity index (χ1) is 15.4. The Kier molecular flexibility index (Phi) is 6.20. The molecule has 5 rings (SSSR count). The topological polar surface area (TPSA) is 45.1 Å². The van der Waals surface area contributed by atoms with E-state index in [4.69, 9.17) is 0 Å². The summed E-state index contributed by atoms with van der Waals surface area (Å²) in [5, 5.41) is 12.1. The van der Waals surface area contributed by atoms with Crippen LogP contribution in [0.2, 0.25) is 0 Å². The molecule has 0 bridgehead atoms. The van der Waals surface area contributed by atoms with E-state index in [1.165, 1.54) is 6.07 Å². The summed E-state index contributed by atoms with van der Waals surface area (Å²) in [7, 11) is 1.82. The van der Waals surface area contributed by atoms with Crippen LogP contribution >= 0.6 is 0 Å². The number of fused-ring (bicyclic) bond motifs is 1. The minimum atomic E-state index is -2.95. The van der Waals surface area contributed by atoms with Crippen LogP contribution in [0.5, 0.6) is 0 Å². The molecule has 8 heteroatoms. The number of aryl methyl sites for hydroxylation is 1. The molecule has 3 saturated heterocycles. The van der Waals surface area contributed by atoms with Gasteiger partial charge in [-0.15, -0.1) is 0 Å². The molecule has 0 aliphatic carbocycles. The van der Waals surface area contributed by atoms with Crippen LogP contribution in [0.15, 0.2) is 12.1 Å². The fourth-order valence-electron chi connectivity index (χ4n) is 5.95. The second-order valence-corrected chi connectivity index (χ2v) is 9.97. The van der Waals surface area contributed by atoms with E-state index in [1.807, 2.05) is 11.9 Å². The van der Waals surface area contributed by atoms with Gasteiger partial charge in [-0.3, -0.25) is 9.58 Å². The van der Waals surface area contributed by atoms with E-state index in [0.29, 0.717) is 19.0 Å². The van der Waals surface area contributed by atoms with Gasteiger partial charge >= 0.3 is 0 Å². The van der Waals surface area contributed by atoms with Crippen molar-refractivity contribution in [2.24, 2.45) is 13.0 Å². The number of alkyl halides is 2. The van der Waals surface area contributed by atoms with Crippen LogP contribution in [0.25, 0.3) is 10.9 Å². The maximum Gasteiger partial charge on any atom is 0.267 e. The minimum absolute atomic E-state index is 0.139. The maximum absolute atomic E-state index is 15.3. The Balaban J connectivity index is 1.38. The zero-order chi connectivity index (χ0) is 22.3. The molecule has 5 nitrogen and oxygen atoms in total. The Labute approximate surface area is 187 Å². The highest BCUT2D eigenvalue weighted by molar-refractivity contribution is 5.83. The number of nitrogens with zero attached hydrogens (tertiary/aromatic N) is 3. The van der Waals surface area contributed by atoms with Gasteiger partial charge in [-0.05, 0) is 81.9 Å². The summed E-state index contributed by atoms with van der Waals surface area (Å²) in [6.45, 7) is 4.76. The van der Waals surface area contributed by atoms with E-state index in [9.17, 15) is 0 Å². The van der Waals surface area contributed by atoms with Gasteiger partial charge in [0.25, 0.3) is 5.92 Å². The van der Waals surface area contributed by atoms with Crippen molar-refractivity contribution in [3.8, 4) is 0 Å². The summed E-state index contributed by atoms with van der Waals surface area (Å²) in [6, 6.07) is 3.09. The monoisotopic (exact) mass is 449 g/mol. The van der Waals surface area contributed by atoms with Crippen molar-refractivity contribution in [3.63, 3.8) is 0 Å². The summed E-state index contributed by atoms with van der Waals surface area (Å²) in [5.74, 6) is -3.86. The van der Waals surface area contributed by atoms with Crippen LogP contribution < -0.4 is 10.6 Å². The number of aromatic nitrogens is 2. The number of halogens is 3. The van der Waals surface area contributed by atoms with Crippen LogP contribution in [0.4, 0.5) is 13.2 Å². The average Bonchev–Trinajstić information content (AvgIpc) is 3.10. The molecule has 0 spiro atoms. The minimum Gasteiger partial charge on any atom is -0.317 e. The highest BCUT2D eigenvalue weighted by Crippen LogP contribution is 2.43. The molecular formula is C24H34F3N5. The summed E-state index contributed by atoms with van der Waals surface area (Å²) in [5.41, 5.74) is 1.76. The third-order valence-electron chi connectivity index (χ3n) is 7.71. The SMILES string of the molecule is Cn1nc(C2CCCNC2)c2cc(F)c(C3CCN(CC4CCNCC4)CC3(F)F)cc21. The smallest absolute Gasteiger partial charge is 0.267 e. The van der Waals surface area contributed by atoms with Crippen molar-refractivity contribution < 1.29 is 13.2 Å². The summed E-state index contributed by atoms with van der Waals surface area (Å²) in [6.07, 6.45) is 4.42. The normalized spacial score (nSPS) is 27.8. The Bertz CT molecular complexity index is 947. The van der Waals surface area contributed by atoms with E-state index in [2.05, 4.69) is 15.7 Å². The lowest BCUT2D eigenvalue weighted by Gasteiger charge is -2.40. The fourth-order valence-corrected chi connectivity index (χ4v) is 5.95. The van der Waals surface area contributed by atoms with Crippen molar-refractivity contribution in [2.45, 2.75) is 49.9 Å². The summed E-state index contributed by atoms with van der Waals surface area (Å²) >= 11 is 0. The van der Waals surface area contributed by atoms with Crippen molar-refractivity contribution in [3.05, 3.63) is 29.2 Å². The van der Waals surface area contributed by atoms with Gasteiger partial charge in [0.15, 0.2) is 0 Å². The van der Waals surface area contributed by atoms with Gasteiger partial charge in [0.2, 0.25) is 0 Å². The number of benzene rings is 1. The van der Waals surface area contributed by atoms with E-state index < -0.39 is 17.7 Å². The van der Waals surface area contributed by atoms with Gasteiger partial charge in [-0.1, -0.05) is 0 Å². The van der Waals surface area contributed by atoms with Gasteiger partial charge in [0.1, 0.15) is 5.82 Å². The Hall–Kier alpha value is -1.64. The Morgan fingerprint density at radius 1 is 1.09 bits per heavy atom. The number of rotatable bonds is 4. The zero-order valence-electron chi connectivity index (χ0n) is 18.8. The quantitative estimate of drug-likeness (QED) is 0.749. The van der Waals surface area contributed by atoms with Crippen molar-refractivity contribution in [2.75, 3.05) is 45.8 Å². The van der Waals surface area contributed by atoms with Gasteiger partial charge in [0.05, 0.1) is 23.7 Å². The largest absolute Gasteiger partial charge is 0.317 e. The molecule has 3 aliphatic rings. The predicted octanol–water partition coefficient (Wildman–Crippen LogP) is 3.60. The van der Waals surface area contributed by atoms with E-state index in [1.54, 1.807) is 10.7 Å². The molecule has 3 aliphatic heterocycles. The van der Waals surface area contributed by atoms with Gasteiger partial charge in [0, 0.05) is 31.4 Å². The van der Waals surface area contributed by atoms with Crippen LogP contribution in [0.3, 0.4) is 0 Å². The van der Waals surface area contributed by atoms with Crippen molar-refractivity contribution >= 4 is 10.9 Å². The number of hydrogen-bond donors (Lipinski definition) is 2. The van der Waals surface area contributed by atoms with Crippen molar-refractivity contribution in [1.82, 2.24) is 25.3 Å². The highest BCUT2D eigenvalue weighted by atomic mass is 19.3.